The third kappa shape index (κ3) is 2.22. The van der Waals surface area contributed by atoms with Crippen LogP contribution in [0.15, 0.2) is 54.9 Å². The molecule has 1 heterocycles. The number of allylic oxidation sites excluding steroid dienone is 1. The Labute approximate surface area is 107 Å². The number of hydrogen-bond donors (Lipinski definition) is 0. The largest absolute Gasteiger partial charge is 0.254 e. The predicted molar refractivity (Wildman–Crippen MR) is 72.6 cm³/mol. The molecule has 0 radical (unpaired) electrons. The second-order valence-electron chi connectivity index (χ2n) is 3.90. The van der Waals surface area contributed by atoms with Crippen LogP contribution in [0.3, 0.4) is 0 Å². The van der Waals surface area contributed by atoms with Crippen molar-refractivity contribution in [3.63, 3.8) is 0 Å². The number of pyridine rings is 1. The van der Waals surface area contributed by atoms with Crippen molar-refractivity contribution in [2.24, 2.45) is 0 Å². The smallest absolute Gasteiger partial charge is 0.101 e. The quantitative estimate of drug-likeness (QED) is 0.738. The third-order valence-electron chi connectivity index (χ3n) is 2.74. The summed E-state index contributed by atoms with van der Waals surface area (Å²) in [4.78, 5) is 4.33. The molecule has 0 unspecified atom stereocenters. The molecule has 0 amide bonds. The Hall–Kier alpha value is -2.62. The molecule has 2 heteroatoms. The van der Waals surface area contributed by atoms with Crippen LogP contribution in [0.1, 0.15) is 18.2 Å². The Morgan fingerprint density at radius 1 is 1.22 bits per heavy atom. The van der Waals surface area contributed by atoms with Crippen LogP contribution < -0.4 is 0 Å². The number of hydrogen-bond acceptors (Lipinski definition) is 2. The summed E-state index contributed by atoms with van der Waals surface area (Å²) in [6.07, 6.45) is 1.77. The van der Waals surface area contributed by atoms with Gasteiger partial charge in [0.05, 0.1) is 11.3 Å². The first kappa shape index (κ1) is 11.9. The molecule has 0 saturated heterocycles. The van der Waals surface area contributed by atoms with Gasteiger partial charge in [-0.15, -0.1) is 5.73 Å². The van der Waals surface area contributed by atoms with Gasteiger partial charge in [-0.25, -0.2) is 0 Å². The van der Waals surface area contributed by atoms with Crippen LogP contribution in [0.4, 0.5) is 0 Å². The van der Waals surface area contributed by atoms with E-state index in [0.29, 0.717) is 11.3 Å². The van der Waals surface area contributed by atoms with Crippen LogP contribution in [-0.2, 0) is 0 Å². The van der Waals surface area contributed by atoms with Gasteiger partial charge in [-0.05, 0) is 18.6 Å². The fourth-order valence-electron chi connectivity index (χ4n) is 1.72. The van der Waals surface area contributed by atoms with Crippen molar-refractivity contribution in [2.75, 3.05) is 0 Å². The normalized spacial score (nSPS) is 9.33. The molecule has 0 aliphatic heterocycles. The molecule has 0 spiro atoms. The fraction of sp³-hybridized carbons (Fsp3) is 0.0625. The average molecular weight is 232 g/mol. The van der Waals surface area contributed by atoms with Crippen molar-refractivity contribution in [3.05, 3.63) is 66.2 Å². The minimum atomic E-state index is 0.546. The molecule has 0 bridgehead atoms. The van der Waals surface area contributed by atoms with E-state index >= 15 is 0 Å². The number of rotatable bonds is 2. The van der Waals surface area contributed by atoms with Crippen molar-refractivity contribution >= 4 is 5.57 Å². The van der Waals surface area contributed by atoms with E-state index < -0.39 is 0 Å². The number of aromatic nitrogens is 1. The van der Waals surface area contributed by atoms with E-state index in [1.807, 2.05) is 43.3 Å². The van der Waals surface area contributed by atoms with Gasteiger partial charge in [0.25, 0.3) is 0 Å². The highest BCUT2D eigenvalue weighted by Gasteiger charge is 2.07. The second-order valence-corrected chi connectivity index (χ2v) is 3.90. The summed E-state index contributed by atoms with van der Waals surface area (Å²) in [6, 6.07) is 13.9. The Kier molecular flexibility index (Phi) is 3.38. The minimum absolute atomic E-state index is 0.546. The lowest BCUT2D eigenvalue weighted by molar-refractivity contribution is 1.24. The zero-order valence-corrected chi connectivity index (χ0v) is 10.1. The summed E-state index contributed by atoms with van der Waals surface area (Å²) in [5.74, 6) is 0. The molecule has 2 nitrogen and oxygen atoms in total. The van der Waals surface area contributed by atoms with E-state index in [1.54, 1.807) is 6.20 Å². The zero-order valence-electron chi connectivity index (χ0n) is 10.1. The maximum Gasteiger partial charge on any atom is 0.101 e. The lowest BCUT2D eigenvalue weighted by Crippen LogP contribution is -1.92. The van der Waals surface area contributed by atoms with Crippen LogP contribution in [-0.4, -0.2) is 4.98 Å². The van der Waals surface area contributed by atoms with Crippen molar-refractivity contribution in [1.82, 2.24) is 4.98 Å². The van der Waals surface area contributed by atoms with Gasteiger partial charge in [0, 0.05) is 17.3 Å². The molecule has 1 aromatic heterocycles. The SMILES string of the molecule is C=C=C(C)c1ncc(-c2ccccc2)cc1C#N. The first-order valence-corrected chi connectivity index (χ1v) is 5.59. The topological polar surface area (TPSA) is 36.7 Å². The molecular formula is C16H12N2. The Balaban J connectivity index is 2.57. The summed E-state index contributed by atoms with van der Waals surface area (Å²) in [7, 11) is 0. The molecule has 0 atom stereocenters. The van der Waals surface area contributed by atoms with Gasteiger partial charge in [0.2, 0.25) is 0 Å². The van der Waals surface area contributed by atoms with E-state index in [2.05, 4.69) is 23.4 Å². The van der Waals surface area contributed by atoms with Crippen molar-refractivity contribution < 1.29 is 0 Å². The highest BCUT2D eigenvalue weighted by Crippen LogP contribution is 2.23. The maximum absolute atomic E-state index is 9.18. The average Bonchev–Trinajstić information content (AvgIpc) is 2.46. The molecule has 0 N–H and O–H groups in total. The molecule has 0 aliphatic carbocycles. The summed E-state index contributed by atoms with van der Waals surface area (Å²) in [5.41, 5.74) is 6.73. The Morgan fingerprint density at radius 3 is 2.56 bits per heavy atom. The molecule has 1 aromatic carbocycles. The summed E-state index contributed by atoms with van der Waals surface area (Å²) in [5, 5.41) is 9.18. The molecule has 0 saturated carbocycles. The van der Waals surface area contributed by atoms with Gasteiger partial charge < -0.3 is 0 Å². The zero-order chi connectivity index (χ0) is 13.0. The number of nitriles is 1. The lowest BCUT2D eigenvalue weighted by Gasteiger charge is -2.05. The van der Waals surface area contributed by atoms with Gasteiger partial charge in [0.15, 0.2) is 0 Å². The predicted octanol–water partition coefficient (Wildman–Crippen LogP) is 3.81. The molecule has 2 rings (SSSR count). The second kappa shape index (κ2) is 5.14. The highest BCUT2D eigenvalue weighted by atomic mass is 14.7. The van der Waals surface area contributed by atoms with Gasteiger partial charge in [-0.1, -0.05) is 36.9 Å². The van der Waals surface area contributed by atoms with E-state index in [9.17, 15) is 5.26 Å². The summed E-state index contributed by atoms with van der Waals surface area (Å²) >= 11 is 0. The standard InChI is InChI=1S/C16H12N2/c1-3-12(2)16-14(10-17)9-15(11-18-16)13-7-5-4-6-8-13/h4-9,11H,1H2,2H3. The first-order chi connectivity index (χ1) is 8.76. The fourth-order valence-corrected chi connectivity index (χ4v) is 1.72. The van der Waals surface area contributed by atoms with Crippen molar-refractivity contribution in [3.8, 4) is 17.2 Å². The molecule has 86 valence electrons. The number of nitrogens with zero attached hydrogens (tertiary/aromatic N) is 2. The minimum Gasteiger partial charge on any atom is -0.254 e. The van der Waals surface area contributed by atoms with Crippen molar-refractivity contribution in [2.45, 2.75) is 6.92 Å². The van der Waals surface area contributed by atoms with Gasteiger partial charge in [-0.2, -0.15) is 5.26 Å². The van der Waals surface area contributed by atoms with Gasteiger partial charge in [0.1, 0.15) is 6.07 Å². The van der Waals surface area contributed by atoms with E-state index in [4.69, 9.17) is 0 Å². The molecule has 0 fully saturated rings. The lowest BCUT2D eigenvalue weighted by atomic mass is 10.0. The molecule has 2 aromatic rings. The number of benzene rings is 1. The maximum atomic E-state index is 9.18. The molecule has 0 aliphatic rings. The van der Waals surface area contributed by atoms with Gasteiger partial charge in [-0.3, -0.25) is 4.98 Å². The van der Waals surface area contributed by atoms with E-state index in [-0.39, 0.29) is 0 Å². The Morgan fingerprint density at radius 2 is 1.94 bits per heavy atom. The van der Waals surface area contributed by atoms with Crippen LogP contribution >= 0.6 is 0 Å². The first-order valence-electron chi connectivity index (χ1n) is 5.59. The third-order valence-corrected chi connectivity index (χ3v) is 2.74. The van der Waals surface area contributed by atoms with Crippen LogP contribution in [0, 0.1) is 11.3 Å². The van der Waals surface area contributed by atoms with Crippen LogP contribution in [0.25, 0.3) is 16.7 Å². The van der Waals surface area contributed by atoms with Crippen LogP contribution in [0.2, 0.25) is 0 Å². The van der Waals surface area contributed by atoms with Crippen LogP contribution in [0.5, 0.6) is 0 Å². The highest BCUT2D eigenvalue weighted by molar-refractivity contribution is 5.70. The van der Waals surface area contributed by atoms with Gasteiger partial charge >= 0.3 is 0 Å². The summed E-state index contributed by atoms with van der Waals surface area (Å²) < 4.78 is 0. The van der Waals surface area contributed by atoms with E-state index in [1.165, 1.54) is 0 Å². The molecular weight excluding hydrogens is 220 g/mol. The van der Waals surface area contributed by atoms with Crippen molar-refractivity contribution in [1.29, 1.82) is 5.26 Å². The summed E-state index contributed by atoms with van der Waals surface area (Å²) in [6.45, 7) is 5.43. The molecule has 18 heavy (non-hydrogen) atoms. The van der Waals surface area contributed by atoms with E-state index in [0.717, 1.165) is 16.7 Å². The Bertz CT molecular complexity index is 657. The monoisotopic (exact) mass is 232 g/mol.